The predicted octanol–water partition coefficient (Wildman–Crippen LogP) is 3.31. The summed E-state index contributed by atoms with van der Waals surface area (Å²) in [4.78, 5) is 0. The van der Waals surface area contributed by atoms with Crippen LogP contribution in [0.4, 0.5) is 0 Å². The molecule has 1 atom stereocenters. The molecule has 1 rings (SSSR count). The molecule has 0 aromatic heterocycles. The van der Waals surface area contributed by atoms with Crippen LogP contribution in [0.1, 0.15) is 32.8 Å². The van der Waals surface area contributed by atoms with E-state index in [2.05, 4.69) is 19.0 Å². The van der Waals surface area contributed by atoms with Crippen LogP contribution in [-0.4, -0.2) is 17.5 Å². The standard InChI is InChI=1S/C13H19NO2/c1-4-10(2)9-16-13-7-5-6-12(8-13)11(3)14-15/h5-8,10,15H,4,9H2,1-3H3. The van der Waals surface area contributed by atoms with Crippen LogP contribution < -0.4 is 4.74 Å². The van der Waals surface area contributed by atoms with Gasteiger partial charge in [-0.25, -0.2) is 0 Å². The largest absolute Gasteiger partial charge is 0.493 e. The smallest absolute Gasteiger partial charge is 0.119 e. The maximum absolute atomic E-state index is 8.68. The number of benzene rings is 1. The van der Waals surface area contributed by atoms with Crippen LogP contribution in [0.2, 0.25) is 0 Å². The highest BCUT2D eigenvalue weighted by Gasteiger charge is 2.03. The molecule has 88 valence electrons. The fourth-order valence-electron chi connectivity index (χ4n) is 1.23. The minimum Gasteiger partial charge on any atom is -0.493 e. The number of hydrogen-bond donors (Lipinski definition) is 1. The summed E-state index contributed by atoms with van der Waals surface area (Å²) in [5.74, 6) is 1.37. The number of rotatable bonds is 5. The Morgan fingerprint density at radius 2 is 2.25 bits per heavy atom. The number of ether oxygens (including phenoxy) is 1. The average molecular weight is 221 g/mol. The van der Waals surface area contributed by atoms with Gasteiger partial charge in [0.15, 0.2) is 0 Å². The molecule has 0 aliphatic heterocycles. The Hall–Kier alpha value is -1.51. The van der Waals surface area contributed by atoms with Crippen molar-refractivity contribution in [3.05, 3.63) is 29.8 Å². The maximum Gasteiger partial charge on any atom is 0.119 e. The van der Waals surface area contributed by atoms with Gasteiger partial charge in [-0.1, -0.05) is 37.6 Å². The van der Waals surface area contributed by atoms with E-state index in [9.17, 15) is 0 Å². The van der Waals surface area contributed by atoms with Gasteiger partial charge in [0.2, 0.25) is 0 Å². The molecule has 3 heteroatoms. The van der Waals surface area contributed by atoms with Crippen LogP contribution >= 0.6 is 0 Å². The highest BCUT2D eigenvalue weighted by atomic mass is 16.5. The molecule has 0 fully saturated rings. The van der Waals surface area contributed by atoms with Crippen molar-refractivity contribution in [1.82, 2.24) is 0 Å². The van der Waals surface area contributed by atoms with Gasteiger partial charge in [0.05, 0.1) is 12.3 Å². The molecule has 0 saturated carbocycles. The zero-order chi connectivity index (χ0) is 12.0. The molecule has 0 radical (unpaired) electrons. The lowest BCUT2D eigenvalue weighted by atomic mass is 10.1. The summed E-state index contributed by atoms with van der Waals surface area (Å²) in [6.07, 6.45) is 1.11. The van der Waals surface area contributed by atoms with Crippen molar-refractivity contribution < 1.29 is 9.94 Å². The third-order valence-corrected chi connectivity index (χ3v) is 2.63. The van der Waals surface area contributed by atoms with Crippen molar-refractivity contribution in [2.45, 2.75) is 27.2 Å². The van der Waals surface area contributed by atoms with E-state index in [-0.39, 0.29) is 0 Å². The summed E-state index contributed by atoms with van der Waals surface area (Å²) in [7, 11) is 0. The molecular weight excluding hydrogens is 202 g/mol. The Kier molecular flexibility index (Phi) is 4.83. The van der Waals surface area contributed by atoms with E-state index in [0.717, 1.165) is 24.3 Å². The molecule has 0 heterocycles. The summed E-state index contributed by atoms with van der Waals surface area (Å²) >= 11 is 0. The number of hydrogen-bond acceptors (Lipinski definition) is 3. The third kappa shape index (κ3) is 3.57. The van der Waals surface area contributed by atoms with Crippen LogP contribution in [0.3, 0.4) is 0 Å². The van der Waals surface area contributed by atoms with Gasteiger partial charge in [0, 0.05) is 5.56 Å². The maximum atomic E-state index is 8.68. The molecular formula is C13H19NO2. The SMILES string of the molecule is CCC(C)COc1cccc(C(C)=NO)c1. The molecule has 0 amide bonds. The second-order valence-corrected chi connectivity index (χ2v) is 4.04. The highest BCUT2D eigenvalue weighted by molar-refractivity contribution is 5.98. The first-order chi connectivity index (χ1) is 7.67. The first-order valence-electron chi connectivity index (χ1n) is 5.59. The van der Waals surface area contributed by atoms with Gasteiger partial charge < -0.3 is 9.94 Å². The monoisotopic (exact) mass is 221 g/mol. The van der Waals surface area contributed by atoms with E-state index in [4.69, 9.17) is 9.94 Å². The molecule has 0 bridgehead atoms. The topological polar surface area (TPSA) is 41.8 Å². The van der Waals surface area contributed by atoms with Crippen LogP contribution in [0.15, 0.2) is 29.4 Å². The molecule has 1 aromatic rings. The first-order valence-corrected chi connectivity index (χ1v) is 5.59. The Morgan fingerprint density at radius 3 is 2.88 bits per heavy atom. The van der Waals surface area contributed by atoms with E-state index in [1.807, 2.05) is 24.3 Å². The van der Waals surface area contributed by atoms with Crippen molar-refractivity contribution in [2.75, 3.05) is 6.61 Å². The van der Waals surface area contributed by atoms with Crippen molar-refractivity contribution in [1.29, 1.82) is 0 Å². The van der Waals surface area contributed by atoms with Gasteiger partial charge in [-0.2, -0.15) is 0 Å². The fraction of sp³-hybridized carbons (Fsp3) is 0.462. The molecule has 1 unspecified atom stereocenters. The van der Waals surface area contributed by atoms with E-state index >= 15 is 0 Å². The Labute approximate surface area is 96.7 Å². The van der Waals surface area contributed by atoms with Crippen LogP contribution in [-0.2, 0) is 0 Å². The summed E-state index contributed by atoms with van der Waals surface area (Å²) in [5.41, 5.74) is 1.47. The van der Waals surface area contributed by atoms with Crippen LogP contribution in [0.25, 0.3) is 0 Å². The van der Waals surface area contributed by atoms with E-state index < -0.39 is 0 Å². The zero-order valence-electron chi connectivity index (χ0n) is 10.1. The van der Waals surface area contributed by atoms with Gasteiger partial charge in [0.1, 0.15) is 5.75 Å². The Balaban J connectivity index is 2.68. The summed E-state index contributed by atoms with van der Waals surface area (Å²) in [6.45, 7) is 6.78. The second kappa shape index (κ2) is 6.16. The van der Waals surface area contributed by atoms with Crippen molar-refractivity contribution in [3.8, 4) is 5.75 Å². The van der Waals surface area contributed by atoms with Crippen LogP contribution in [0.5, 0.6) is 5.75 Å². The minimum atomic E-state index is 0.552. The molecule has 0 aliphatic carbocycles. The second-order valence-electron chi connectivity index (χ2n) is 4.04. The zero-order valence-corrected chi connectivity index (χ0v) is 10.1. The van der Waals surface area contributed by atoms with E-state index in [1.165, 1.54) is 0 Å². The average Bonchev–Trinajstić information content (AvgIpc) is 2.35. The predicted molar refractivity (Wildman–Crippen MR) is 65.4 cm³/mol. The molecule has 0 saturated heterocycles. The summed E-state index contributed by atoms with van der Waals surface area (Å²) in [6, 6.07) is 7.59. The van der Waals surface area contributed by atoms with Crippen molar-refractivity contribution in [2.24, 2.45) is 11.1 Å². The third-order valence-electron chi connectivity index (χ3n) is 2.63. The number of oxime groups is 1. The highest BCUT2D eigenvalue weighted by Crippen LogP contribution is 2.15. The van der Waals surface area contributed by atoms with Gasteiger partial charge >= 0.3 is 0 Å². The Morgan fingerprint density at radius 1 is 1.50 bits per heavy atom. The molecule has 0 aliphatic rings. The van der Waals surface area contributed by atoms with E-state index in [1.54, 1.807) is 6.92 Å². The van der Waals surface area contributed by atoms with Crippen LogP contribution in [0, 0.1) is 5.92 Å². The first kappa shape index (κ1) is 12.6. The van der Waals surface area contributed by atoms with Gasteiger partial charge in [-0.15, -0.1) is 0 Å². The lowest BCUT2D eigenvalue weighted by Crippen LogP contribution is -2.07. The van der Waals surface area contributed by atoms with Gasteiger partial charge in [-0.3, -0.25) is 0 Å². The normalized spacial score (nSPS) is 13.6. The van der Waals surface area contributed by atoms with Gasteiger partial charge in [-0.05, 0) is 25.0 Å². The molecule has 1 aromatic carbocycles. The molecule has 3 nitrogen and oxygen atoms in total. The summed E-state index contributed by atoms with van der Waals surface area (Å²) in [5, 5.41) is 11.9. The molecule has 1 N–H and O–H groups in total. The van der Waals surface area contributed by atoms with E-state index in [0.29, 0.717) is 11.6 Å². The lowest BCUT2D eigenvalue weighted by Gasteiger charge is -2.11. The fourth-order valence-corrected chi connectivity index (χ4v) is 1.23. The summed E-state index contributed by atoms with van der Waals surface area (Å²) < 4.78 is 5.66. The molecule has 16 heavy (non-hydrogen) atoms. The minimum absolute atomic E-state index is 0.552. The quantitative estimate of drug-likeness (QED) is 0.471. The van der Waals surface area contributed by atoms with Crippen molar-refractivity contribution >= 4 is 5.71 Å². The van der Waals surface area contributed by atoms with Gasteiger partial charge in [0.25, 0.3) is 0 Å². The van der Waals surface area contributed by atoms with Crippen molar-refractivity contribution in [3.63, 3.8) is 0 Å². The number of nitrogens with zero attached hydrogens (tertiary/aromatic N) is 1. The molecule has 0 spiro atoms. The Bertz CT molecular complexity index is 361. The lowest BCUT2D eigenvalue weighted by molar-refractivity contribution is 0.256.